The van der Waals surface area contributed by atoms with Gasteiger partial charge >= 0.3 is 5.97 Å². The topological polar surface area (TPSA) is 214 Å². The van der Waals surface area contributed by atoms with Gasteiger partial charge in [-0.25, -0.2) is 0 Å². The Bertz CT molecular complexity index is 1100. The van der Waals surface area contributed by atoms with Crippen molar-refractivity contribution in [2.24, 2.45) is 0 Å². The normalized spacial score (nSPS) is 28.6. The Balaban J connectivity index is 1.85. The van der Waals surface area contributed by atoms with Crippen LogP contribution in [0.3, 0.4) is 0 Å². The number of aliphatic hydroxyl groups is 7. The molecule has 338 valence electrons. The van der Waals surface area contributed by atoms with Gasteiger partial charge in [-0.3, -0.25) is 4.79 Å². The highest BCUT2D eigenvalue weighted by molar-refractivity contribution is 5.69. The molecule has 2 heterocycles. The molecule has 0 amide bonds. The molecule has 2 aliphatic heterocycles. The third-order valence-electron chi connectivity index (χ3n) is 10.4. The van der Waals surface area contributed by atoms with E-state index < -0.39 is 86.7 Å². The highest BCUT2D eigenvalue weighted by atomic mass is 16.7. The Morgan fingerprint density at radius 1 is 0.586 bits per heavy atom. The van der Waals surface area contributed by atoms with Gasteiger partial charge in [-0.05, 0) is 44.9 Å². The Labute approximate surface area is 347 Å². The Morgan fingerprint density at radius 3 is 1.74 bits per heavy atom. The number of allylic oxidation sites excluding steroid dienone is 6. The summed E-state index contributed by atoms with van der Waals surface area (Å²) in [4.78, 5) is 12.9. The smallest absolute Gasteiger partial charge is 0.306 e. The van der Waals surface area contributed by atoms with Gasteiger partial charge in [0.15, 0.2) is 12.6 Å². The predicted molar refractivity (Wildman–Crippen MR) is 220 cm³/mol. The fourth-order valence-corrected chi connectivity index (χ4v) is 6.77. The quantitative estimate of drug-likeness (QED) is 0.0272. The summed E-state index contributed by atoms with van der Waals surface area (Å²) in [5, 5.41) is 71.8. The number of unbranched alkanes of at least 4 members (excludes halogenated alkanes) is 13. The number of carbonyl (C=O) groups is 1. The van der Waals surface area contributed by atoms with E-state index in [-0.39, 0.29) is 19.6 Å². The summed E-state index contributed by atoms with van der Waals surface area (Å²) in [5.41, 5.74) is 0. The molecule has 0 aromatic heterocycles. The van der Waals surface area contributed by atoms with Gasteiger partial charge in [-0.2, -0.15) is 0 Å². The molecule has 0 spiro atoms. The van der Waals surface area contributed by atoms with E-state index in [9.17, 15) is 40.5 Å². The number of ether oxygens (including phenoxy) is 6. The van der Waals surface area contributed by atoms with Crippen LogP contribution in [0.5, 0.6) is 0 Å². The van der Waals surface area contributed by atoms with Gasteiger partial charge in [0.1, 0.15) is 54.9 Å². The molecule has 0 bridgehead atoms. The maximum absolute atomic E-state index is 12.9. The van der Waals surface area contributed by atoms with Crippen LogP contribution >= 0.6 is 0 Å². The van der Waals surface area contributed by atoms with Gasteiger partial charge in [-0.1, -0.05) is 121 Å². The molecule has 14 nitrogen and oxygen atoms in total. The van der Waals surface area contributed by atoms with Gasteiger partial charge in [0.2, 0.25) is 0 Å². The van der Waals surface area contributed by atoms with Crippen molar-refractivity contribution in [3.63, 3.8) is 0 Å². The molecule has 0 radical (unpaired) electrons. The lowest BCUT2D eigenvalue weighted by Gasteiger charge is -2.42. The summed E-state index contributed by atoms with van der Waals surface area (Å²) in [6, 6.07) is 0. The van der Waals surface area contributed by atoms with Crippen molar-refractivity contribution in [3.05, 3.63) is 36.5 Å². The molecular formula is C44H78O14. The lowest BCUT2D eigenvalue weighted by molar-refractivity contribution is -0.332. The average Bonchev–Trinajstić information content (AvgIpc) is 3.22. The molecule has 0 aromatic carbocycles. The first-order chi connectivity index (χ1) is 28.1. The monoisotopic (exact) mass is 831 g/mol. The van der Waals surface area contributed by atoms with Gasteiger partial charge in [-0.15, -0.1) is 0 Å². The van der Waals surface area contributed by atoms with Gasteiger partial charge in [0.05, 0.1) is 26.4 Å². The van der Waals surface area contributed by atoms with Crippen molar-refractivity contribution in [2.45, 2.75) is 203 Å². The minimum absolute atomic E-state index is 0.0509. The first-order valence-corrected chi connectivity index (χ1v) is 22.1. The number of hydrogen-bond donors (Lipinski definition) is 7. The molecule has 2 aliphatic rings. The third kappa shape index (κ3) is 21.6. The number of hydrogen-bond acceptors (Lipinski definition) is 14. The molecular weight excluding hydrogens is 752 g/mol. The van der Waals surface area contributed by atoms with Crippen LogP contribution in [-0.2, 0) is 33.2 Å². The summed E-state index contributed by atoms with van der Waals surface area (Å²) in [6.07, 6.45) is 16.5. The molecule has 2 fully saturated rings. The highest BCUT2D eigenvalue weighted by Crippen LogP contribution is 2.26. The Morgan fingerprint density at radius 2 is 1.12 bits per heavy atom. The van der Waals surface area contributed by atoms with Crippen LogP contribution in [0.4, 0.5) is 0 Å². The van der Waals surface area contributed by atoms with Crippen LogP contribution in [0.2, 0.25) is 0 Å². The van der Waals surface area contributed by atoms with Crippen molar-refractivity contribution in [3.8, 4) is 0 Å². The molecule has 14 heteroatoms. The number of esters is 1. The number of rotatable bonds is 33. The van der Waals surface area contributed by atoms with Crippen LogP contribution in [0.15, 0.2) is 36.5 Å². The minimum atomic E-state index is -1.71. The van der Waals surface area contributed by atoms with Crippen LogP contribution in [0, 0.1) is 0 Å². The van der Waals surface area contributed by atoms with Crippen molar-refractivity contribution in [1.82, 2.24) is 0 Å². The molecule has 2 saturated heterocycles. The Hall–Kier alpha value is -1.79. The van der Waals surface area contributed by atoms with Crippen molar-refractivity contribution in [1.29, 1.82) is 0 Å². The maximum Gasteiger partial charge on any atom is 0.306 e. The standard InChI is InChI=1S/C44H78O14/c1-3-5-7-9-11-13-15-16-17-19-21-23-25-27-36(46)56-33(30-53-28-26-24-22-20-18-14-12-10-8-6-4-2)31-54-43-42(52)40(50)38(48)35(58-43)32-55-44-41(51)39(49)37(47)34(29-45)57-44/h5,7,11,13,16-17,33-35,37-45,47-52H,3-4,6,8-10,12,14-15,18-32H2,1-2H3/b7-5-,13-11-,17-16-. The van der Waals surface area contributed by atoms with Crippen LogP contribution in [0.25, 0.3) is 0 Å². The molecule has 11 atom stereocenters. The zero-order valence-electron chi connectivity index (χ0n) is 35.3. The average molecular weight is 831 g/mol. The molecule has 2 rings (SSSR count). The van der Waals surface area contributed by atoms with Crippen LogP contribution in [0.1, 0.15) is 136 Å². The van der Waals surface area contributed by atoms with Crippen molar-refractivity contribution in [2.75, 3.05) is 33.0 Å². The summed E-state index contributed by atoms with van der Waals surface area (Å²) in [5.74, 6) is -0.406. The second-order valence-corrected chi connectivity index (χ2v) is 15.5. The second kappa shape index (κ2) is 32.9. The fraction of sp³-hybridized carbons (Fsp3) is 0.841. The number of carbonyl (C=O) groups excluding carboxylic acids is 1. The largest absolute Gasteiger partial charge is 0.457 e. The van der Waals surface area contributed by atoms with Crippen molar-refractivity contribution < 1.29 is 69.0 Å². The van der Waals surface area contributed by atoms with E-state index in [1.165, 1.54) is 51.4 Å². The highest BCUT2D eigenvalue weighted by Gasteiger charge is 2.47. The first-order valence-electron chi connectivity index (χ1n) is 22.1. The summed E-state index contributed by atoms with van der Waals surface area (Å²) < 4.78 is 34.0. The van der Waals surface area contributed by atoms with E-state index in [1.54, 1.807) is 0 Å². The summed E-state index contributed by atoms with van der Waals surface area (Å²) >= 11 is 0. The maximum atomic E-state index is 12.9. The molecule has 0 saturated carbocycles. The molecule has 58 heavy (non-hydrogen) atoms. The fourth-order valence-electron chi connectivity index (χ4n) is 6.77. The SMILES string of the molecule is CC/C=C\C/C=C\C/C=C\CCCCCC(=O)OC(COCCCCCCCCCCCCC)COC1OC(COC2OC(CO)C(O)C(O)C2O)C(O)C(O)C1O. The van der Waals surface area contributed by atoms with E-state index in [4.69, 9.17) is 28.4 Å². The zero-order chi connectivity index (χ0) is 42.4. The van der Waals surface area contributed by atoms with Crippen molar-refractivity contribution >= 4 is 5.97 Å². The third-order valence-corrected chi connectivity index (χ3v) is 10.4. The minimum Gasteiger partial charge on any atom is -0.457 e. The van der Waals surface area contributed by atoms with E-state index >= 15 is 0 Å². The van der Waals surface area contributed by atoms with Gasteiger partial charge < -0.3 is 64.2 Å². The van der Waals surface area contributed by atoms with Gasteiger partial charge in [0.25, 0.3) is 0 Å². The summed E-state index contributed by atoms with van der Waals surface area (Å²) in [7, 11) is 0. The summed E-state index contributed by atoms with van der Waals surface area (Å²) in [6.45, 7) is 3.50. The van der Waals surface area contributed by atoms with Crippen LogP contribution in [-0.4, -0.2) is 142 Å². The van der Waals surface area contributed by atoms with E-state index in [0.29, 0.717) is 13.0 Å². The van der Waals surface area contributed by atoms with E-state index in [0.717, 1.165) is 57.8 Å². The molecule has 11 unspecified atom stereocenters. The first kappa shape index (κ1) is 52.3. The van der Waals surface area contributed by atoms with Gasteiger partial charge in [0, 0.05) is 13.0 Å². The zero-order valence-corrected chi connectivity index (χ0v) is 35.3. The predicted octanol–water partition coefficient (Wildman–Crippen LogP) is 4.68. The van der Waals surface area contributed by atoms with E-state index in [1.807, 2.05) is 0 Å². The molecule has 7 N–H and O–H groups in total. The molecule has 0 aliphatic carbocycles. The lowest BCUT2D eigenvalue weighted by atomic mass is 9.98. The number of aliphatic hydroxyl groups excluding tert-OH is 7. The Kier molecular flexibility index (Phi) is 29.7. The van der Waals surface area contributed by atoms with E-state index in [2.05, 4.69) is 50.3 Å². The second-order valence-electron chi connectivity index (χ2n) is 15.5. The van der Waals surface area contributed by atoms with Crippen LogP contribution < -0.4 is 0 Å². The lowest BCUT2D eigenvalue weighted by Crippen LogP contribution is -2.61. The molecule has 0 aromatic rings.